The molecule has 1 amide bonds. The first-order valence-corrected chi connectivity index (χ1v) is 5.03. The zero-order valence-corrected chi connectivity index (χ0v) is 9.67. The van der Waals surface area contributed by atoms with Crippen molar-refractivity contribution < 1.29 is 20.2 Å². The van der Waals surface area contributed by atoms with Crippen LogP contribution in [0.3, 0.4) is 0 Å². The second-order valence-corrected chi connectivity index (χ2v) is 3.35. The van der Waals surface area contributed by atoms with E-state index >= 15 is 0 Å². The predicted octanol–water partition coefficient (Wildman–Crippen LogP) is -1.86. The minimum absolute atomic E-state index is 0. The molecular weight excluding hydrogens is 256 g/mol. The summed E-state index contributed by atoms with van der Waals surface area (Å²) in [7, 11) is 0. The third-order valence-electron chi connectivity index (χ3n) is 2.08. The van der Waals surface area contributed by atoms with Crippen LogP contribution >= 0.6 is 0 Å². The molecule has 0 aromatic carbocycles. The van der Waals surface area contributed by atoms with Crippen molar-refractivity contribution in [3.8, 4) is 0 Å². The zero-order chi connectivity index (χ0) is 13.0. The summed E-state index contributed by atoms with van der Waals surface area (Å²) in [6.45, 7) is -0.498. The Morgan fingerprint density at radius 3 is 2.79 bits per heavy atom. The Morgan fingerprint density at radius 2 is 2.05 bits per heavy atom. The Kier molecular flexibility index (Phi) is 4.71. The molecule has 19 heavy (non-hydrogen) atoms. The summed E-state index contributed by atoms with van der Waals surface area (Å²) in [6.07, 6.45) is 2.79. The molecule has 10 heteroatoms. The molecule has 2 rings (SSSR count). The SMILES string of the molecule is O.O=C(O)CNC(=O)CNc1ncnc2nc[nH]c12. The molecule has 0 saturated carbocycles. The summed E-state index contributed by atoms with van der Waals surface area (Å²) in [5, 5.41) is 13.4. The number of aromatic nitrogens is 4. The van der Waals surface area contributed by atoms with Crippen molar-refractivity contribution >= 4 is 28.9 Å². The molecule has 6 N–H and O–H groups in total. The van der Waals surface area contributed by atoms with E-state index < -0.39 is 18.4 Å². The number of hydrogen-bond donors (Lipinski definition) is 4. The Bertz CT molecular complexity index is 583. The van der Waals surface area contributed by atoms with Gasteiger partial charge in [-0.25, -0.2) is 15.0 Å². The van der Waals surface area contributed by atoms with Crippen LogP contribution in [0.1, 0.15) is 0 Å². The highest BCUT2D eigenvalue weighted by Crippen LogP contribution is 2.13. The van der Waals surface area contributed by atoms with Gasteiger partial charge >= 0.3 is 5.97 Å². The Hall–Kier alpha value is -2.75. The maximum atomic E-state index is 11.3. The van der Waals surface area contributed by atoms with E-state index in [0.717, 1.165) is 0 Å². The van der Waals surface area contributed by atoms with Crippen LogP contribution in [0.2, 0.25) is 0 Å². The highest BCUT2D eigenvalue weighted by Gasteiger charge is 2.08. The van der Waals surface area contributed by atoms with Gasteiger partial charge < -0.3 is 26.2 Å². The molecule has 102 valence electrons. The monoisotopic (exact) mass is 268 g/mol. The van der Waals surface area contributed by atoms with Crippen LogP contribution in [0.5, 0.6) is 0 Å². The lowest BCUT2D eigenvalue weighted by Crippen LogP contribution is -2.34. The molecule has 0 bridgehead atoms. The number of carbonyl (C=O) groups excluding carboxylic acids is 1. The lowest BCUT2D eigenvalue weighted by atomic mass is 10.4. The number of anilines is 1. The number of carboxylic acids is 1. The first-order chi connectivity index (χ1) is 8.66. The summed E-state index contributed by atoms with van der Waals surface area (Å²) >= 11 is 0. The zero-order valence-electron chi connectivity index (χ0n) is 9.67. The fourth-order valence-electron chi connectivity index (χ4n) is 1.30. The van der Waals surface area contributed by atoms with E-state index in [-0.39, 0.29) is 12.0 Å². The quantitative estimate of drug-likeness (QED) is 0.493. The van der Waals surface area contributed by atoms with Gasteiger partial charge in [-0.3, -0.25) is 9.59 Å². The van der Waals surface area contributed by atoms with Crippen LogP contribution in [0.25, 0.3) is 11.2 Å². The van der Waals surface area contributed by atoms with Gasteiger partial charge in [0.2, 0.25) is 5.91 Å². The van der Waals surface area contributed by atoms with Gasteiger partial charge in [0.05, 0.1) is 12.9 Å². The van der Waals surface area contributed by atoms with Crippen molar-refractivity contribution in [1.29, 1.82) is 0 Å². The summed E-state index contributed by atoms with van der Waals surface area (Å²) in [6, 6.07) is 0. The van der Waals surface area contributed by atoms with Gasteiger partial charge in [-0.05, 0) is 0 Å². The molecule has 0 aliphatic carbocycles. The van der Waals surface area contributed by atoms with E-state index in [1.807, 2.05) is 0 Å². The number of carbonyl (C=O) groups is 2. The molecule has 0 atom stereocenters. The largest absolute Gasteiger partial charge is 0.480 e. The van der Waals surface area contributed by atoms with Gasteiger partial charge in [-0.2, -0.15) is 0 Å². The highest BCUT2D eigenvalue weighted by atomic mass is 16.4. The van der Waals surface area contributed by atoms with Crippen molar-refractivity contribution in [3.05, 3.63) is 12.7 Å². The molecule has 0 radical (unpaired) electrons. The Labute approximate surface area is 106 Å². The van der Waals surface area contributed by atoms with Crippen molar-refractivity contribution in [2.75, 3.05) is 18.4 Å². The van der Waals surface area contributed by atoms with E-state index in [0.29, 0.717) is 17.0 Å². The summed E-state index contributed by atoms with van der Waals surface area (Å²) in [4.78, 5) is 36.2. The molecule has 0 fully saturated rings. The maximum Gasteiger partial charge on any atom is 0.322 e. The van der Waals surface area contributed by atoms with Crippen LogP contribution in [0.4, 0.5) is 5.82 Å². The third kappa shape index (κ3) is 3.61. The number of aromatic amines is 1. The van der Waals surface area contributed by atoms with Gasteiger partial charge in [0, 0.05) is 0 Å². The molecule has 0 unspecified atom stereocenters. The molecule has 2 aromatic heterocycles. The van der Waals surface area contributed by atoms with Gasteiger partial charge in [0.25, 0.3) is 0 Å². The fraction of sp³-hybridized carbons (Fsp3) is 0.222. The Balaban J connectivity index is 0.00000180. The minimum atomic E-state index is -1.10. The highest BCUT2D eigenvalue weighted by molar-refractivity contribution is 5.87. The van der Waals surface area contributed by atoms with Crippen molar-refractivity contribution in [1.82, 2.24) is 25.3 Å². The van der Waals surface area contributed by atoms with Crippen molar-refractivity contribution in [2.45, 2.75) is 0 Å². The number of carboxylic acid groups (broad SMARTS) is 1. The second-order valence-electron chi connectivity index (χ2n) is 3.35. The topological polar surface area (TPSA) is 164 Å². The molecule has 0 aliphatic heterocycles. The summed E-state index contributed by atoms with van der Waals surface area (Å²) in [5.41, 5.74) is 1.07. The van der Waals surface area contributed by atoms with Gasteiger partial charge in [0.1, 0.15) is 18.4 Å². The van der Waals surface area contributed by atoms with E-state index in [9.17, 15) is 9.59 Å². The van der Waals surface area contributed by atoms with Gasteiger partial charge in [-0.15, -0.1) is 0 Å². The summed E-state index contributed by atoms with van der Waals surface area (Å²) < 4.78 is 0. The molecule has 2 aromatic rings. The predicted molar refractivity (Wildman–Crippen MR) is 64.4 cm³/mol. The number of amides is 1. The average Bonchev–Trinajstić information content (AvgIpc) is 2.82. The molecule has 0 aliphatic rings. The molecular formula is C9H12N6O4. The summed E-state index contributed by atoms with van der Waals surface area (Å²) in [5.74, 6) is -1.10. The molecule has 0 spiro atoms. The normalized spacial score (nSPS) is 9.68. The minimum Gasteiger partial charge on any atom is -0.480 e. The van der Waals surface area contributed by atoms with Gasteiger partial charge in [-0.1, -0.05) is 0 Å². The lowest BCUT2D eigenvalue weighted by Gasteiger charge is -2.05. The molecule has 10 nitrogen and oxygen atoms in total. The van der Waals surface area contributed by atoms with Crippen LogP contribution in [0.15, 0.2) is 12.7 Å². The number of H-pyrrole nitrogens is 1. The first-order valence-electron chi connectivity index (χ1n) is 5.03. The Morgan fingerprint density at radius 1 is 1.26 bits per heavy atom. The van der Waals surface area contributed by atoms with Crippen LogP contribution in [0, 0.1) is 0 Å². The van der Waals surface area contributed by atoms with E-state index in [1.165, 1.54) is 12.7 Å². The number of imidazole rings is 1. The van der Waals surface area contributed by atoms with Crippen LogP contribution in [-0.4, -0.2) is 55.5 Å². The smallest absolute Gasteiger partial charge is 0.322 e. The number of aliphatic carboxylic acids is 1. The first kappa shape index (κ1) is 14.3. The average molecular weight is 268 g/mol. The number of fused-ring (bicyclic) bond motifs is 1. The number of nitrogens with zero attached hydrogens (tertiary/aromatic N) is 3. The van der Waals surface area contributed by atoms with E-state index in [1.54, 1.807) is 0 Å². The second kappa shape index (κ2) is 6.26. The number of rotatable bonds is 5. The van der Waals surface area contributed by atoms with Gasteiger partial charge in [0.15, 0.2) is 11.5 Å². The maximum absolute atomic E-state index is 11.3. The number of nitrogens with one attached hydrogen (secondary N) is 3. The number of hydrogen-bond acceptors (Lipinski definition) is 6. The van der Waals surface area contributed by atoms with Crippen molar-refractivity contribution in [2.24, 2.45) is 0 Å². The standard InChI is InChI=1S/C9H10N6O3.H2O/c16-5(10-2-6(17)18)1-11-8-7-9(13-3-12-7)15-4-14-8;/h3-4H,1-2H2,(H,10,16)(H,17,18)(H2,11,12,13,14,15);1H2. The molecule has 2 heterocycles. The van der Waals surface area contributed by atoms with E-state index in [4.69, 9.17) is 5.11 Å². The van der Waals surface area contributed by atoms with Crippen LogP contribution in [-0.2, 0) is 9.59 Å². The van der Waals surface area contributed by atoms with Crippen LogP contribution < -0.4 is 10.6 Å². The third-order valence-corrected chi connectivity index (χ3v) is 2.08. The van der Waals surface area contributed by atoms with Crippen molar-refractivity contribution in [3.63, 3.8) is 0 Å². The van der Waals surface area contributed by atoms with E-state index in [2.05, 4.69) is 30.6 Å². The molecule has 0 saturated heterocycles. The fourth-order valence-corrected chi connectivity index (χ4v) is 1.30. The lowest BCUT2D eigenvalue weighted by molar-refractivity contribution is -0.137.